The highest BCUT2D eigenvalue weighted by Crippen LogP contribution is 2.19. The average Bonchev–Trinajstić information content (AvgIpc) is 3.09. The summed E-state index contributed by atoms with van der Waals surface area (Å²) in [7, 11) is 0. The minimum atomic E-state index is 0.599. The van der Waals surface area contributed by atoms with Crippen LogP contribution in [0.15, 0.2) is 48.5 Å². The van der Waals surface area contributed by atoms with Crippen LogP contribution in [0.4, 0.5) is 0 Å². The van der Waals surface area contributed by atoms with E-state index in [1.165, 1.54) is 37.1 Å². The van der Waals surface area contributed by atoms with Crippen molar-refractivity contribution < 1.29 is 9.47 Å². The lowest BCUT2D eigenvalue weighted by Gasteiger charge is -2.15. The van der Waals surface area contributed by atoms with E-state index < -0.39 is 0 Å². The molecule has 0 unspecified atom stereocenters. The highest BCUT2D eigenvalue weighted by atomic mass is 16.5. The van der Waals surface area contributed by atoms with E-state index >= 15 is 0 Å². The van der Waals surface area contributed by atoms with Gasteiger partial charge in [-0.3, -0.25) is 4.90 Å². The molecule has 0 radical (unpaired) electrons. The maximum Gasteiger partial charge on any atom is 0.120 e. The molecule has 0 aliphatic carbocycles. The van der Waals surface area contributed by atoms with Crippen LogP contribution in [-0.2, 0) is 6.61 Å². The number of ether oxygens (including phenoxy) is 2. The second-order valence-corrected chi connectivity index (χ2v) is 6.08. The lowest BCUT2D eigenvalue weighted by molar-refractivity contribution is 0.237. The lowest BCUT2D eigenvalue weighted by atomic mass is 10.1. The van der Waals surface area contributed by atoms with Gasteiger partial charge in [-0.15, -0.1) is 0 Å². The molecule has 0 aromatic heterocycles. The van der Waals surface area contributed by atoms with Gasteiger partial charge in [0.15, 0.2) is 0 Å². The maximum atomic E-state index is 5.85. The molecule has 1 fully saturated rings. The van der Waals surface area contributed by atoms with Crippen molar-refractivity contribution in [3.05, 3.63) is 59.7 Å². The second-order valence-electron chi connectivity index (χ2n) is 6.08. The summed E-state index contributed by atoms with van der Waals surface area (Å²) in [5.74, 6) is 1.78. The van der Waals surface area contributed by atoms with Crippen LogP contribution in [0.5, 0.6) is 11.5 Å². The van der Waals surface area contributed by atoms with Crippen molar-refractivity contribution >= 4 is 0 Å². The fraction of sp³-hybridized carbons (Fsp3) is 0.400. The number of rotatable bonds is 7. The normalized spacial score (nSPS) is 14.8. The molecule has 0 saturated carbocycles. The van der Waals surface area contributed by atoms with Gasteiger partial charge in [0.05, 0.1) is 0 Å². The standard InChI is InChI=1S/C20H25NO2/c1-17-6-2-3-7-18(17)16-23-20-10-8-19(9-11-20)22-15-14-21-12-4-5-13-21/h2-3,6-11H,4-5,12-16H2,1H3. The third kappa shape index (κ3) is 4.73. The van der Waals surface area contributed by atoms with E-state index in [0.717, 1.165) is 24.7 Å². The smallest absolute Gasteiger partial charge is 0.120 e. The minimum Gasteiger partial charge on any atom is -0.492 e. The second kappa shape index (κ2) is 8.02. The first-order valence-corrected chi connectivity index (χ1v) is 8.44. The summed E-state index contributed by atoms with van der Waals surface area (Å²) in [6, 6.07) is 16.2. The van der Waals surface area contributed by atoms with Crippen LogP contribution in [0.25, 0.3) is 0 Å². The molecule has 1 heterocycles. The molecule has 3 nitrogen and oxygen atoms in total. The monoisotopic (exact) mass is 311 g/mol. The van der Waals surface area contributed by atoms with E-state index in [0.29, 0.717) is 6.61 Å². The van der Waals surface area contributed by atoms with Crippen LogP contribution in [0.2, 0.25) is 0 Å². The molecule has 1 saturated heterocycles. The summed E-state index contributed by atoms with van der Waals surface area (Å²) in [4.78, 5) is 2.46. The fourth-order valence-corrected chi connectivity index (χ4v) is 2.86. The number of hydrogen-bond donors (Lipinski definition) is 0. The summed E-state index contributed by atoms with van der Waals surface area (Å²) >= 11 is 0. The molecular formula is C20H25NO2. The van der Waals surface area contributed by atoms with Gasteiger partial charge in [0.1, 0.15) is 24.7 Å². The molecule has 0 N–H and O–H groups in total. The van der Waals surface area contributed by atoms with Gasteiger partial charge in [-0.1, -0.05) is 24.3 Å². The zero-order valence-corrected chi connectivity index (χ0v) is 13.8. The Hall–Kier alpha value is -2.00. The van der Waals surface area contributed by atoms with Gasteiger partial charge in [-0.2, -0.15) is 0 Å². The summed E-state index contributed by atoms with van der Waals surface area (Å²) in [5, 5.41) is 0. The van der Waals surface area contributed by atoms with Crippen LogP contribution in [0.3, 0.4) is 0 Å². The summed E-state index contributed by atoms with van der Waals surface area (Å²) < 4.78 is 11.7. The van der Waals surface area contributed by atoms with Crippen molar-refractivity contribution in [1.29, 1.82) is 0 Å². The first kappa shape index (κ1) is 15.9. The number of likely N-dealkylation sites (tertiary alicyclic amines) is 1. The molecule has 1 aliphatic heterocycles. The van der Waals surface area contributed by atoms with E-state index in [1.807, 2.05) is 36.4 Å². The van der Waals surface area contributed by atoms with Gasteiger partial charge >= 0.3 is 0 Å². The van der Waals surface area contributed by atoms with E-state index in [4.69, 9.17) is 9.47 Å². The Morgan fingerprint density at radius 1 is 0.870 bits per heavy atom. The highest BCUT2D eigenvalue weighted by Gasteiger charge is 2.10. The van der Waals surface area contributed by atoms with Crippen molar-refractivity contribution in [3.8, 4) is 11.5 Å². The Labute approximate surface area is 138 Å². The van der Waals surface area contributed by atoms with Crippen molar-refractivity contribution in [2.24, 2.45) is 0 Å². The van der Waals surface area contributed by atoms with Crippen LogP contribution in [0.1, 0.15) is 24.0 Å². The maximum absolute atomic E-state index is 5.85. The molecule has 3 heteroatoms. The number of nitrogens with zero attached hydrogens (tertiary/aromatic N) is 1. The van der Waals surface area contributed by atoms with Crippen molar-refractivity contribution in [3.63, 3.8) is 0 Å². The molecule has 0 atom stereocenters. The van der Waals surface area contributed by atoms with Crippen LogP contribution in [-0.4, -0.2) is 31.1 Å². The first-order chi connectivity index (χ1) is 11.3. The summed E-state index contributed by atoms with van der Waals surface area (Å²) in [5.41, 5.74) is 2.48. The molecule has 2 aromatic rings. The van der Waals surface area contributed by atoms with Crippen molar-refractivity contribution in [2.45, 2.75) is 26.4 Å². The molecule has 2 aromatic carbocycles. The zero-order valence-electron chi connectivity index (χ0n) is 13.8. The van der Waals surface area contributed by atoms with Crippen molar-refractivity contribution in [1.82, 2.24) is 4.90 Å². The highest BCUT2D eigenvalue weighted by molar-refractivity contribution is 5.32. The van der Waals surface area contributed by atoms with Gasteiger partial charge in [-0.05, 0) is 68.2 Å². The number of benzene rings is 2. The van der Waals surface area contributed by atoms with E-state index in [2.05, 4.69) is 24.0 Å². The van der Waals surface area contributed by atoms with Gasteiger partial charge in [0, 0.05) is 6.54 Å². The van der Waals surface area contributed by atoms with E-state index in [9.17, 15) is 0 Å². The molecular weight excluding hydrogens is 286 g/mol. The van der Waals surface area contributed by atoms with Gasteiger partial charge in [0.2, 0.25) is 0 Å². The quantitative estimate of drug-likeness (QED) is 0.770. The molecule has 0 spiro atoms. The first-order valence-electron chi connectivity index (χ1n) is 8.44. The Morgan fingerprint density at radius 2 is 1.52 bits per heavy atom. The molecule has 23 heavy (non-hydrogen) atoms. The predicted octanol–water partition coefficient (Wildman–Crippen LogP) is 4.05. The third-order valence-corrected chi connectivity index (χ3v) is 4.35. The van der Waals surface area contributed by atoms with E-state index in [1.54, 1.807) is 0 Å². The molecule has 0 bridgehead atoms. The average molecular weight is 311 g/mol. The topological polar surface area (TPSA) is 21.7 Å². The Balaban J connectivity index is 1.44. The van der Waals surface area contributed by atoms with Gasteiger partial charge in [-0.25, -0.2) is 0 Å². The third-order valence-electron chi connectivity index (χ3n) is 4.35. The molecule has 3 rings (SSSR count). The Bertz CT molecular complexity index is 603. The summed E-state index contributed by atoms with van der Waals surface area (Å²) in [6.07, 6.45) is 2.65. The molecule has 0 amide bonds. The van der Waals surface area contributed by atoms with Gasteiger partial charge in [0.25, 0.3) is 0 Å². The van der Waals surface area contributed by atoms with Crippen LogP contribution < -0.4 is 9.47 Å². The SMILES string of the molecule is Cc1ccccc1COc1ccc(OCCN2CCCC2)cc1. The lowest BCUT2D eigenvalue weighted by Crippen LogP contribution is -2.25. The number of hydrogen-bond acceptors (Lipinski definition) is 3. The summed E-state index contributed by atoms with van der Waals surface area (Å²) in [6.45, 7) is 6.91. The largest absolute Gasteiger partial charge is 0.492 e. The number of aryl methyl sites for hydroxylation is 1. The Kier molecular flexibility index (Phi) is 5.54. The van der Waals surface area contributed by atoms with Crippen LogP contribution in [0, 0.1) is 6.92 Å². The zero-order chi connectivity index (χ0) is 15.9. The van der Waals surface area contributed by atoms with Gasteiger partial charge < -0.3 is 9.47 Å². The Morgan fingerprint density at radius 3 is 2.22 bits per heavy atom. The predicted molar refractivity (Wildman–Crippen MR) is 93.1 cm³/mol. The molecule has 122 valence electrons. The fourth-order valence-electron chi connectivity index (χ4n) is 2.86. The minimum absolute atomic E-state index is 0.599. The van der Waals surface area contributed by atoms with Crippen LogP contribution >= 0.6 is 0 Å². The molecule has 1 aliphatic rings. The van der Waals surface area contributed by atoms with Crippen molar-refractivity contribution in [2.75, 3.05) is 26.2 Å². The van der Waals surface area contributed by atoms with E-state index in [-0.39, 0.29) is 0 Å².